The molecule has 0 atom stereocenters. The Bertz CT molecular complexity index is 826. The maximum absolute atomic E-state index is 13.9. The van der Waals surface area contributed by atoms with Gasteiger partial charge in [-0.05, 0) is 37.2 Å². The van der Waals surface area contributed by atoms with Crippen LogP contribution < -0.4 is 0 Å². The number of rotatable bonds is 1. The van der Waals surface area contributed by atoms with Crippen molar-refractivity contribution in [2.75, 3.05) is 20.1 Å². The molecular formula is C19H19FN2O2. The van der Waals surface area contributed by atoms with Crippen LogP contribution in [0.3, 0.4) is 0 Å². The highest BCUT2D eigenvalue weighted by Gasteiger charge is 2.48. The summed E-state index contributed by atoms with van der Waals surface area (Å²) < 4.78 is 19.6. The molecular weight excluding hydrogens is 307 g/mol. The normalized spacial score (nSPS) is 19.4. The van der Waals surface area contributed by atoms with E-state index in [1.807, 2.05) is 12.1 Å². The van der Waals surface area contributed by atoms with E-state index in [1.54, 1.807) is 19.2 Å². The van der Waals surface area contributed by atoms with Gasteiger partial charge < -0.3 is 9.64 Å². The van der Waals surface area contributed by atoms with Crippen molar-refractivity contribution in [3.63, 3.8) is 0 Å². The van der Waals surface area contributed by atoms with Crippen LogP contribution in [0.5, 0.6) is 0 Å². The van der Waals surface area contributed by atoms with E-state index >= 15 is 0 Å². The number of halogens is 1. The molecule has 5 heteroatoms. The first-order chi connectivity index (χ1) is 11.5. The van der Waals surface area contributed by atoms with E-state index in [0.29, 0.717) is 11.3 Å². The number of aryl methyl sites for hydroxylation is 1. The summed E-state index contributed by atoms with van der Waals surface area (Å²) in [6, 6.07) is 7.09. The van der Waals surface area contributed by atoms with Crippen molar-refractivity contribution < 1.29 is 13.9 Å². The van der Waals surface area contributed by atoms with E-state index < -0.39 is 5.60 Å². The first kappa shape index (κ1) is 15.3. The van der Waals surface area contributed by atoms with Crippen molar-refractivity contribution in [2.45, 2.75) is 25.4 Å². The summed E-state index contributed by atoms with van der Waals surface area (Å²) in [5.74, 6) is -0.592. The third kappa shape index (κ3) is 2.31. The first-order valence-electron chi connectivity index (χ1n) is 8.17. The number of aromatic nitrogens is 1. The van der Waals surface area contributed by atoms with Crippen LogP contribution in [0.15, 0.2) is 30.5 Å². The van der Waals surface area contributed by atoms with Gasteiger partial charge in [-0.3, -0.25) is 0 Å². The van der Waals surface area contributed by atoms with Gasteiger partial charge in [-0.15, -0.1) is 0 Å². The van der Waals surface area contributed by atoms with Gasteiger partial charge in [0.25, 0.3) is 0 Å². The number of piperidine rings is 1. The maximum atomic E-state index is 13.9. The molecule has 124 valence electrons. The zero-order valence-electron chi connectivity index (χ0n) is 13.8. The van der Waals surface area contributed by atoms with Crippen LogP contribution in [0.2, 0.25) is 0 Å². The number of hydrogen-bond donors (Lipinski definition) is 0. The van der Waals surface area contributed by atoms with Crippen molar-refractivity contribution in [3.8, 4) is 11.1 Å². The summed E-state index contributed by atoms with van der Waals surface area (Å²) in [5.41, 5.74) is 2.85. The molecule has 0 N–H and O–H groups in total. The van der Waals surface area contributed by atoms with Crippen molar-refractivity contribution in [2.24, 2.45) is 0 Å². The number of nitrogens with zero attached hydrogens (tertiary/aromatic N) is 2. The highest BCUT2D eigenvalue weighted by molar-refractivity contribution is 5.93. The minimum atomic E-state index is -0.578. The lowest BCUT2D eigenvalue weighted by Crippen LogP contribution is -2.41. The van der Waals surface area contributed by atoms with Crippen molar-refractivity contribution in [1.29, 1.82) is 0 Å². The van der Waals surface area contributed by atoms with Gasteiger partial charge in [0, 0.05) is 43.3 Å². The van der Waals surface area contributed by atoms with E-state index in [0.717, 1.165) is 42.6 Å². The van der Waals surface area contributed by atoms with Crippen LogP contribution in [-0.4, -0.2) is 36.0 Å². The van der Waals surface area contributed by atoms with Crippen molar-refractivity contribution >= 4 is 5.97 Å². The number of carbonyl (C=O) groups excluding carboxylic acids is 1. The second-order valence-electron chi connectivity index (χ2n) is 6.77. The fourth-order valence-corrected chi connectivity index (χ4v) is 3.54. The minimum Gasteiger partial charge on any atom is -0.449 e. The number of esters is 1. The Morgan fingerprint density at radius 2 is 1.96 bits per heavy atom. The lowest BCUT2D eigenvalue weighted by molar-refractivity contribution is -0.0394. The average Bonchev–Trinajstić information content (AvgIpc) is 2.85. The van der Waals surface area contributed by atoms with Gasteiger partial charge in [0.05, 0.1) is 0 Å². The molecule has 3 heterocycles. The van der Waals surface area contributed by atoms with Gasteiger partial charge in [0.1, 0.15) is 11.4 Å². The summed E-state index contributed by atoms with van der Waals surface area (Å²) >= 11 is 0. The molecule has 4 nitrogen and oxygen atoms in total. The number of benzene rings is 1. The van der Waals surface area contributed by atoms with Crippen LogP contribution in [-0.2, 0) is 10.3 Å². The molecule has 2 aromatic rings. The fourth-order valence-electron chi connectivity index (χ4n) is 3.54. The number of likely N-dealkylation sites (tertiary alicyclic amines) is 1. The van der Waals surface area contributed by atoms with Gasteiger partial charge in [0.2, 0.25) is 0 Å². The Labute approximate surface area is 140 Å². The molecule has 4 rings (SSSR count). The minimum absolute atomic E-state index is 0.241. The summed E-state index contributed by atoms with van der Waals surface area (Å²) in [6.45, 7) is 3.48. The Balaban J connectivity index is 1.79. The fraction of sp³-hybridized carbons (Fsp3) is 0.368. The molecule has 0 amide bonds. The maximum Gasteiger partial charge on any atom is 0.358 e. The molecule has 0 aliphatic carbocycles. The molecule has 0 bridgehead atoms. The first-order valence-corrected chi connectivity index (χ1v) is 8.17. The third-order valence-corrected chi connectivity index (χ3v) is 5.16. The monoisotopic (exact) mass is 326 g/mol. The third-order valence-electron chi connectivity index (χ3n) is 5.16. The van der Waals surface area contributed by atoms with E-state index in [2.05, 4.69) is 16.9 Å². The van der Waals surface area contributed by atoms with Gasteiger partial charge in [-0.1, -0.05) is 12.1 Å². The summed E-state index contributed by atoms with van der Waals surface area (Å²) in [4.78, 5) is 18.8. The second-order valence-corrected chi connectivity index (χ2v) is 6.77. The number of hydrogen-bond acceptors (Lipinski definition) is 4. The Hall–Kier alpha value is -2.27. The Kier molecular flexibility index (Phi) is 3.42. The number of fused-ring (bicyclic) bond motifs is 2. The Morgan fingerprint density at radius 3 is 2.67 bits per heavy atom. The SMILES string of the molecule is Cc1ccc(-c2cnc3c(c2)C2(CCN(C)CC2)OC3=O)cc1F. The van der Waals surface area contributed by atoms with E-state index in [-0.39, 0.29) is 11.8 Å². The summed E-state index contributed by atoms with van der Waals surface area (Å²) in [7, 11) is 2.06. The number of ether oxygens (including phenoxy) is 1. The van der Waals surface area contributed by atoms with Gasteiger partial charge in [0.15, 0.2) is 5.69 Å². The highest BCUT2D eigenvalue weighted by Crippen LogP contribution is 2.44. The summed E-state index contributed by atoms with van der Waals surface area (Å²) in [5, 5.41) is 0. The quantitative estimate of drug-likeness (QED) is 0.754. The highest BCUT2D eigenvalue weighted by atomic mass is 19.1. The predicted octanol–water partition coefficient (Wildman–Crippen LogP) is 3.29. The van der Waals surface area contributed by atoms with Gasteiger partial charge in [-0.25, -0.2) is 14.2 Å². The molecule has 1 aromatic carbocycles. The molecule has 1 fully saturated rings. The predicted molar refractivity (Wildman–Crippen MR) is 88.2 cm³/mol. The topological polar surface area (TPSA) is 42.4 Å². The standard InChI is InChI=1S/C19H19FN2O2/c1-12-3-4-13(10-16(12)20)14-9-15-17(21-11-14)18(23)24-19(15)5-7-22(2)8-6-19/h3-4,9-11H,5-8H2,1-2H3. The molecule has 1 saturated heterocycles. The smallest absolute Gasteiger partial charge is 0.358 e. The second kappa shape index (κ2) is 5.38. The Morgan fingerprint density at radius 1 is 1.21 bits per heavy atom. The van der Waals surface area contributed by atoms with E-state index in [1.165, 1.54) is 6.07 Å². The van der Waals surface area contributed by atoms with Crippen LogP contribution in [0.4, 0.5) is 4.39 Å². The van der Waals surface area contributed by atoms with Gasteiger partial charge >= 0.3 is 5.97 Å². The zero-order chi connectivity index (χ0) is 16.9. The molecule has 0 unspecified atom stereocenters. The van der Waals surface area contributed by atoms with Crippen molar-refractivity contribution in [3.05, 3.63) is 53.1 Å². The van der Waals surface area contributed by atoms with E-state index in [9.17, 15) is 9.18 Å². The molecule has 1 spiro atoms. The van der Waals surface area contributed by atoms with E-state index in [4.69, 9.17) is 4.74 Å². The zero-order valence-corrected chi connectivity index (χ0v) is 13.8. The molecule has 2 aliphatic heterocycles. The van der Waals surface area contributed by atoms with Crippen LogP contribution in [0.1, 0.15) is 34.5 Å². The molecule has 0 saturated carbocycles. The largest absolute Gasteiger partial charge is 0.449 e. The molecule has 0 radical (unpaired) electrons. The molecule has 24 heavy (non-hydrogen) atoms. The average molecular weight is 326 g/mol. The summed E-state index contributed by atoms with van der Waals surface area (Å²) in [6.07, 6.45) is 3.14. The van der Waals surface area contributed by atoms with Crippen LogP contribution in [0.25, 0.3) is 11.1 Å². The lowest BCUT2D eigenvalue weighted by atomic mass is 9.84. The van der Waals surface area contributed by atoms with Crippen LogP contribution in [0, 0.1) is 12.7 Å². The van der Waals surface area contributed by atoms with Crippen molar-refractivity contribution in [1.82, 2.24) is 9.88 Å². The lowest BCUT2D eigenvalue weighted by Gasteiger charge is -2.36. The van der Waals surface area contributed by atoms with Crippen LogP contribution >= 0.6 is 0 Å². The van der Waals surface area contributed by atoms with Gasteiger partial charge in [-0.2, -0.15) is 0 Å². The molecule has 1 aromatic heterocycles. The number of pyridine rings is 1. The number of carbonyl (C=O) groups is 1. The molecule has 2 aliphatic rings.